The van der Waals surface area contributed by atoms with Crippen LogP contribution in [0.25, 0.3) is 0 Å². The number of esters is 7. The van der Waals surface area contributed by atoms with Crippen molar-refractivity contribution in [3.05, 3.63) is 144 Å². The van der Waals surface area contributed by atoms with Crippen LogP contribution in [0.1, 0.15) is 62.2 Å². The molecule has 0 saturated carbocycles. The summed E-state index contributed by atoms with van der Waals surface area (Å²) >= 11 is 4.58. The average molecular weight is 901 g/mol. The highest BCUT2D eigenvalue weighted by Gasteiger charge is 2.57. The molecule has 0 aromatic heterocycles. The van der Waals surface area contributed by atoms with Crippen molar-refractivity contribution >= 4 is 54.4 Å². The number of rotatable bonds is 15. The molecule has 64 heavy (non-hydrogen) atoms. The predicted octanol–water partition coefficient (Wildman–Crippen LogP) is 4.71. The lowest BCUT2D eigenvalue weighted by Gasteiger charge is -2.48. The van der Waals surface area contributed by atoms with Gasteiger partial charge in [-0.15, -0.1) is 12.6 Å². The summed E-state index contributed by atoms with van der Waals surface area (Å²) in [6.45, 7) is 2.18. The van der Waals surface area contributed by atoms with Gasteiger partial charge in [-0.2, -0.15) is 0 Å². The number of carbonyl (C=O) groups is 7. The highest BCUT2D eigenvalue weighted by atomic mass is 32.1. The summed E-state index contributed by atoms with van der Waals surface area (Å²) in [7, 11) is 0. The topological polar surface area (TPSA) is 212 Å². The minimum atomic E-state index is -1.89. The first kappa shape index (κ1) is 46.9. The molecule has 2 saturated heterocycles. The molecule has 0 spiro atoms. The molecule has 336 valence electrons. The van der Waals surface area contributed by atoms with Crippen LogP contribution in [0, 0.1) is 0 Å². The van der Waals surface area contributed by atoms with E-state index >= 15 is 0 Å². The zero-order valence-corrected chi connectivity index (χ0v) is 35.5. The Morgan fingerprint density at radius 3 is 1.23 bits per heavy atom. The van der Waals surface area contributed by atoms with Crippen LogP contribution in [-0.2, 0) is 61.8 Å². The van der Waals surface area contributed by atoms with E-state index in [1.54, 1.807) is 72.8 Å². The van der Waals surface area contributed by atoms with E-state index in [4.69, 9.17) is 47.4 Å². The van der Waals surface area contributed by atoms with Gasteiger partial charge in [0.2, 0.25) is 0 Å². The van der Waals surface area contributed by atoms with Crippen molar-refractivity contribution in [3.8, 4) is 0 Å². The van der Waals surface area contributed by atoms with Gasteiger partial charge in [0.1, 0.15) is 37.0 Å². The van der Waals surface area contributed by atoms with E-state index in [2.05, 4.69) is 12.6 Å². The van der Waals surface area contributed by atoms with E-state index in [9.17, 15) is 33.6 Å². The first-order valence-electron chi connectivity index (χ1n) is 19.9. The number of hydrogen-bond acceptors (Lipinski definition) is 18. The Balaban J connectivity index is 1.47. The molecule has 0 unspecified atom stereocenters. The third-order valence-corrected chi connectivity index (χ3v) is 10.1. The van der Waals surface area contributed by atoms with Crippen molar-refractivity contribution in [3.63, 3.8) is 0 Å². The first-order chi connectivity index (χ1) is 30.8. The maximum Gasteiger partial charge on any atom is 0.338 e. The second-order valence-corrected chi connectivity index (χ2v) is 14.8. The lowest BCUT2D eigenvalue weighted by molar-refractivity contribution is -0.333. The van der Waals surface area contributed by atoms with E-state index in [-0.39, 0.29) is 22.3 Å². The van der Waals surface area contributed by atoms with Gasteiger partial charge in [-0.25, -0.2) is 19.2 Å². The number of benzene rings is 4. The van der Waals surface area contributed by atoms with E-state index < -0.39 is 116 Å². The molecule has 2 fully saturated rings. The van der Waals surface area contributed by atoms with Crippen molar-refractivity contribution in [1.82, 2.24) is 0 Å². The minimum absolute atomic E-state index is 0.0419. The van der Waals surface area contributed by atoms with Gasteiger partial charge < -0.3 is 47.4 Å². The van der Waals surface area contributed by atoms with E-state index in [1.807, 2.05) is 0 Å². The first-order valence-corrected chi connectivity index (χ1v) is 20.4. The van der Waals surface area contributed by atoms with Gasteiger partial charge in [-0.3, -0.25) is 14.4 Å². The fourth-order valence-electron chi connectivity index (χ4n) is 6.83. The van der Waals surface area contributed by atoms with Crippen molar-refractivity contribution in [2.45, 2.75) is 81.3 Å². The normalized spacial score (nSPS) is 25.1. The molecule has 0 aliphatic carbocycles. The number of thiol groups is 1. The summed E-state index contributed by atoms with van der Waals surface area (Å²) in [5, 5.41) is 0. The smallest absolute Gasteiger partial charge is 0.338 e. The Labute approximate surface area is 372 Å². The summed E-state index contributed by atoms with van der Waals surface area (Å²) in [4.78, 5) is 92.3. The molecule has 17 nitrogen and oxygen atoms in total. The second kappa shape index (κ2) is 22.2. The van der Waals surface area contributed by atoms with Crippen LogP contribution in [0.5, 0.6) is 0 Å². The van der Waals surface area contributed by atoms with Crippen molar-refractivity contribution in [2.75, 3.05) is 13.2 Å². The summed E-state index contributed by atoms with van der Waals surface area (Å²) in [6, 6.07) is 31.2. The van der Waals surface area contributed by atoms with Gasteiger partial charge >= 0.3 is 41.8 Å². The molecule has 4 aromatic carbocycles. The van der Waals surface area contributed by atoms with Gasteiger partial charge in [0.25, 0.3) is 0 Å². The summed E-state index contributed by atoms with van der Waals surface area (Å²) in [5.41, 5.74) is -1.06. The molecule has 0 radical (unpaired) electrons. The van der Waals surface area contributed by atoms with Crippen molar-refractivity contribution in [2.24, 2.45) is 0 Å². The van der Waals surface area contributed by atoms with Gasteiger partial charge in [0.15, 0.2) is 36.8 Å². The molecule has 2 heterocycles. The highest BCUT2D eigenvalue weighted by Crippen LogP contribution is 2.37. The third kappa shape index (κ3) is 12.3. The average Bonchev–Trinajstić information content (AvgIpc) is 3.29. The summed E-state index contributed by atoms with van der Waals surface area (Å²) in [5.74, 6) is -6.05. The Morgan fingerprint density at radius 2 is 0.781 bits per heavy atom. The molecule has 6 rings (SSSR count). The Hall–Kier alpha value is -6.60. The fraction of sp³-hybridized carbons (Fsp3) is 0.326. The second-order valence-electron chi connectivity index (χ2n) is 14.3. The Morgan fingerprint density at radius 1 is 0.422 bits per heavy atom. The molecule has 0 N–H and O–H groups in total. The Kier molecular flexibility index (Phi) is 16.2. The molecule has 4 aromatic rings. The van der Waals surface area contributed by atoms with Gasteiger partial charge in [-0.1, -0.05) is 72.8 Å². The maximum absolute atomic E-state index is 14.0. The van der Waals surface area contributed by atoms with Gasteiger partial charge in [0, 0.05) is 20.8 Å². The molecule has 0 amide bonds. The molecule has 2 aliphatic heterocycles. The van der Waals surface area contributed by atoms with Crippen LogP contribution in [0.3, 0.4) is 0 Å². The van der Waals surface area contributed by atoms with Crippen molar-refractivity contribution in [1.29, 1.82) is 0 Å². The summed E-state index contributed by atoms with van der Waals surface area (Å²) in [6.07, 6.45) is -14.7. The van der Waals surface area contributed by atoms with Gasteiger partial charge in [0.05, 0.1) is 22.3 Å². The zero-order chi connectivity index (χ0) is 45.8. The SMILES string of the molecule is CC(=O)OC[C@H]1O[C@@H](S)[C@@H](O[C@H]2O[C@H](COC(=O)c3ccccc3)[C@@H](OC(=O)c3ccccc3)[C@H](OC(=O)c3ccccc3)[C@@H]2OC(=O)c2ccccc2)[C@@H](OC(C)=O)[C@@H]1OC(C)=O. The molecule has 0 bridgehead atoms. The predicted molar refractivity (Wildman–Crippen MR) is 223 cm³/mol. The van der Waals surface area contributed by atoms with Crippen LogP contribution >= 0.6 is 12.6 Å². The Bertz CT molecular complexity index is 2240. The third-order valence-electron chi connectivity index (χ3n) is 9.69. The van der Waals surface area contributed by atoms with Crippen LogP contribution in [0.2, 0.25) is 0 Å². The van der Waals surface area contributed by atoms with E-state index in [0.29, 0.717) is 0 Å². The van der Waals surface area contributed by atoms with Crippen LogP contribution < -0.4 is 0 Å². The number of carbonyl (C=O) groups excluding carboxylic acids is 7. The minimum Gasteiger partial charge on any atom is -0.463 e. The molecular weight excluding hydrogens is 857 g/mol. The standard InChI is InChI=1S/C46H44O17S/c1-26(47)54-24-34-35(56-27(2)48)38(57-28(3)49)40(46(64)59-34)63-45-39(62-44(53)32-22-14-7-15-23-32)37(61-43(52)31-20-12-6-13-21-31)36(60-42(51)30-18-10-5-11-19-30)33(58-45)25-55-41(50)29-16-8-4-9-17-29/h4-23,33-40,45-46,64H,24-25H2,1-3H3/t33-,34-,35-,36-,37+,38+,39+,40+,45-,46+/m1/s1. The monoisotopic (exact) mass is 900 g/mol. The van der Waals surface area contributed by atoms with E-state index in [1.165, 1.54) is 48.5 Å². The van der Waals surface area contributed by atoms with Crippen molar-refractivity contribution < 1.29 is 80.9 Å². The van der Waals surface area contributed by atoms with E-state index in [0.717, 1.165) is 20.8 Å². The fourth-order valence-corrected chi connectivity index (χ4v) is 7.22. The number of ether oxygens (including phenoxy) is 10. The lowest BCUT2D eigenvalue weighted by atomic mass is 9.96. The van der Waals surface area contributed by atoms with Crippen LogP contribution in [-0.4, -0.2) is 116 Å². The molecule has 18 heteroatoms. The van der Waals surface area contributed by atoms with Gasteiger partial charge in [-0.05, 0) is 48.5 Å². The highest BCUT2D eigenvalue weighted by molar-refractivity contribution is 7.80. The number of hydrogen-bond donors (Lipinski definition) is 1. The maximum atomic E-state index is 14.0. The quantitative estimate of drug-likeness (QED) is 0.0972. The largest absolute Gasteiger partial charge is 0.463 e. The van der Waals surface area contributed by atoms with Crippen LogP contribution in [0.15, 0.2) is 121 Å². The zero-order valence-electron chi connectivity index (χ0n) is 34.6. The van der Waals surface area contributed by atoms with Crippen LogP contribution in [0.4, 0.5) is 0 Å². The lowest BCUT2D eigenvalue weighted by Crippen LogP contribution is -2.66. The summed E-state index contributed by atoms with van der Waals surface area (Å²) < 4.78 is 59.4. The molecular formula is C46H44O17S. The molecule has 10 atom stereocenters. The molecule has 2 aliphatic rings.